The van der Waals surface area contributed by atoms with Crippen LogP contribution in [0.25, 0.3) is 11.0 Å². The van der Waals surface area contributed by atoms with Gasteiger partial charge in [-0.15, -0.1) is 0 Å². The molecule has 0 unspecified atom stereocenters. The van der Waals surface area contributed by atoms with Crippen LogP contribution >= 0.6 is 11.6 Å². The molecule has 1 aromatic heterocycles. The van der Waals surface area contributed by atoms with Gasteiger partial charge in [-0.3, -0.25) is 0 Å². The third-order valence-corrected chi connectivity index (χ3v) is 4.69. The molecule has 0 amide bonds. The molecule has 2 aromatic carbocycles. The van der Waals surface area contributed by atoms with Gasteiger partial charge in [0.05, 0.1) is 0 Å². The molecular formula is C16H11ClO5S. The van der Waals surface area contributed by atoms with Gasteiger partial charge in [0.1, 0.15) is 16.2 Å². The van der Waals surface area contributed by atoms with Crippen molar-refractivity contribution in [2.75, 3.05) is 0 Å². The molecule has 0 spiro atoms. The van der Waals surface area contributed by atoms with E-state index in [1.54, 1.807) is 19.1 Å². The molecule has 118 valence electrons. The van der Waals surface area contributed by atoms with Crippen LogP contribution in [0.4, 0.5) is 0 Å². The van der Waals surface area contributed by atoms with E-state index in [4.69, 9.17) is 20.2 Å². The molecule has 0 aliphatic carbocycles. The Balaban J connectivity index is 2.03. The van der Waals surface area contributed by atoms with Crippen LogP contribution in [0.3, 0.4) is 0 Å². The summed E-state index contributed by atoms with van der Waals surface area (Å²) < 4.78 is 34.7. The fourth-order valence-corrected chi connectivity index (χ4v) is 3.38. The van der Waals surface area contributed by atoms with E-state index < -0.39 is 15.7 Å². The summed E-state index contributed by atoms with van der Waals surface area (Å²) in [5, 5.41) is 0.993. The summed E-state index contributed by atoms with van der Waals surface area (Å²) in [4.78, 5) is 11.4. The van der Waals surface area contributed by atoms with Crippen LogP contribution in [0.5, 0.6) is 5.75 Å². The molecule has 23 heavy (non-hydrogen) atoms. The number of hydrogen-bond acceptors (Lipinski definition) is 5. The van der Waals surface area contributed by atoms with Gasteiger partial charge < -0.3 is 8.60 Å². The first kappa shape index (κ1) is 15.6. The summed E-state index contributed by atoms with van der Waals surface area (Å²) in [6, 6.07) is 11.6. The highest BCUT2D eigenvalue weighted by Crippen LogP contribution is 2.25. The number of benzene rings is 2. The molecular weight excluding hydrogens is 340 g/mol. The molecule has 0 radical (unpaired) electrons. The molecule has 0 atom stereocenters. The number of fused-ring (bicyclic) bond motifs is 1. The van der Waals surface area contributed by atoms with Crippen molar-refractivity contribution in [3.63, 3.8) is 0 Å². The van der Waals surface area contributed by atoms with Crippen LogP contribution in [0, 0.1) is 6.92 Å². The largest absolute Gasteiger partial charge is 0.423 e. The van der Waals surface area contributed by atoms with Crippen molar-refractivity contribution >= 4 is 32.7 Å². The molecule has 0 aliphatic heterocycles. The lowest BCUT2D eigenvalue weighted by molar-refractivity contribution is 0.485. The van der Waals surface area contributed by atoms with Crippen LogP contribution in [0.2, 0.25) is 5.02 Å². The third-order valence-electron chi connectivity index (χ3n) is 3.21. The molecule has 3 rings (SSSR count). The Hall–Kier alpha value is -2.31. The van der Waals surface area contributed by atoms with E-state index in [0.29, 0.717) is 5.39 Å². The predicted octanol–water partition coefficient (Wildman–Crippen LogP) is 3.52. The van der Waals surface area contributed by atoms with E-state index in [1.165, 1.54) is 36.4 Å². The summed E-state index contributed by atoms with van der Waals surface area (Å²) in [7, 11) is -4.03. The quantitative estimate of drug-likeness (QED) is 0.533. The van der Waals surface area contributed by atoms with Crippen molar-refractivity contribution in [3.05, 3.63) is 69.5 Å². The number of hydrogen-bond donors (Lipinski definition) is 0. The van der Waals surface area contributed by atoms with Crippen LogP contribution in [0.1, 0.15) is 5.56 Å². The molecule has 5 nitrogen and oxygen atoms in total. The Labute approximate surface area is 137 Å². The summed E-state index contributed by atoms with van der Waals surface area (Å²) in [6.45, 7) is 1.77. The van der Waals surface area contributed by atoms with Crippen molar-refractivity contribution in [2.24, 2.45) is 0 Å². The zero-order valence-corrected chi connectivity index (χ0v) is 13.5. The van der Waals surface area contributed by atoms with Crippen molar-refractivity contribution < 1.29 is 17.0 Å². The van der Waals surface area contributed by atoms with Gasteiger partial charge in [0.15, 0.2) is 0 Å². The Morgan fingerprint density at radius 3 is 2.61 bits per heavy atom. The molecule has 0 N–H and O–H groups in total. The number of aryl methyl sites for hydroxylation is 1. The minimum absolute atomic E-state index is 0.0474. The van der Waals surface area contributed by atoms with Gasteiger partial charge in [-0.05, 0) is 42.8 Å². The zero-order chi connectivity index (χ0) is 16.6. The topological polar surface area (TPSA) is 73.6 Å². The van der Waals surface area contributed by atoms with Crippen LogP contribution in [0.15, 0.2) is 62.6 Å². The predicted molar refractivity (Wildman–Crippen MR) is 86.5 cm³/mol. The lowest BCUT2D eigenvalue weighted by Gasteiger charge is -2.08. The van der Waals surface area contributed by atoms with E-state index in [9.17, 15) is 13.2 Å². The van der Waals surface area contributed by atoms with Crippen LogP contribution in [-0.4, -0.2) is 8.42 Å². The Morgan fingerprint density at radius 1 is 1.09 bits per heavy atom. The van der Waals surface area contributed by atoms with Gasteiger partial charge >= 0.3 is 15.7 Å². The van der Waals surface area contributed by atoms with E-state index in [2.05, 4.69) is 0 Å². The van der Waals surface area contributed by atoms with E-state index >= 15 is 0 Å². The minimum Gasteiger partial charge on any atom is -0.423 e. The lowest BCUT2D eigenvalue weighted by atomic mass is 10.1. The zero-order valence-electron chi connectivity index (χ0n) is 11.9. The lowest BCUT2D eigenvalue weighted by Crippen LogP contribution is -2.09. The van der Waals surface area contributed by atoms with Gasteiger partial charge in [-0.2, -0.15) is 8.42 Å². The highest BCUT2D eigenvalue weighted by Gasteiger charge is 2.17. The maximum atomic E-state index is 12.3. The van der Waals surface area contributed by atoms with E-state index in [-0.39, 0.29) is 21.3 Å². The van der Waals surface area contributed by atoms with Crippen LogP contribution in [-0.2, 0) is 10.1 Å². The Bertz CT molecular complexity index is 1050. The first-order chi connectivity index (χ1) is 10.8. The SMILES string of the molecule is Cc1cc(=O)oc2cc(OS(=O)(=O)c3cccc(Cl)c3)ccc12. The fraction of sp³-hybridized carbons (Fsp3) is 0.0625. The number of rotatable bonds is 3. The molecule has 0 bridgehead atoms. The Morgan fingerprint density at radius 2 is 1.87 bits per heavy atom. The van der Waals surface area contributed by atoms with E-state index in [1.807, 2.05) is 0 Å². The summed E-state index contributed by atoms with van der Waals surface area (Å²) >= 11 is 5.80. The van der Waals surface area contributed by atoms with Gasteiger partial charge in [0, 0.05) is 22.5 Å². The average molecular weight is 351 g/mol. The summed E-state index contributed by atoms with van der Waals surface area (Å²) in [5.41, 5.74) is 0.485. The molecule has 1 heterocycles. The molecule has 7 heteroatoms. The molecule has 0 saturated heterocycles. The van der Waals surface area contributed by atoms with Crippen molar-refractivity contribution in [1.29, 1.82) is 0 Å². The second-order valence-electron chi connectivity index (χ2n) is 4.90. The highest BCUT2D eigenvalue weighted by molar-refractivity contribution is 7.87. The van der Waals surface area contributed by atoms with Gasteiger partial charge in [-0.25, -0.2) is 4.79 Å². The first-order valence-corrected chi connectivity index (χ1v) is 8.38. The van der Waals surface area contributed by atoms with Crippen molar-refractivity contribution in [3.8, 4) is 5.75 Å². The smallest absolute Gasteiger partial charge is 0.339 e. The van der Waals surface area contributed by atoms with E-state index in [0.717, 1.165) is 5.56 Å². The average Bonchev–Trinajstić information content (AvgIpc) is 2.46. The second-order valence-corrected chi connectivity index (χ2v) is 6.88. The van der Waals surface area contributed by atoms with Crippen molar-refractivity contribution in [2.45, 2.75) is 11.8 Å². The summed E-state index contributed by atoms with van der Waals surface area (Å²) in [6.07, 6.45) is 0. The molecule has 3 aromatic rings. The molecule has 0 fully saturated rings. The normalized spacial score (nSPS) is 11.6. The second kappa shape index (κ2) is 5.72. The highest BCUT2D eigenvalue weighted by atomic mass is 35.5. The molecule has 0 saturated carbocycles. The third kappa shape index (κ3) is 3.23. The van der Waals surface area contributed by atoms with Gasteiger partial charge in [0.2, 0.25) is 0 Å². The minimum atomic E-state index is -4.03. The molecule has 0 aliphatic rings. The van der Waals surface area contributed by atoms with Gasteiger partial charge in [0.25, 0.3) is 0 Å². The first-order valence-electron chi connectivity index (χ1n) is 6.60. The van der Waals surface area contributed by atoms with Crippen molar-refractivity contribution in [1.82, 2.24) is 0 Å². The monoisotopic (exact) mass is 350 g/mol. The fourth-order valence-electron chi connectivity index (χ4n) is 2.15. The van der Waals surface area contributed by atoms with Gasteiger partial charge in [-0.1, -0.05) is 17.7 Å². The van der Waals surface area contributed by atoms with Crippen LogP contribution < -0.4 is 9.81 Å². The number of halogens is 1. The maximum Gasteiger partial charge on any atom is 0.339 e. The standard InChI is InChI=1S/C16H11ClO5S/c1-10-7-16(18)21-15-9-12(5-6-14(10)15)22-23(19,20)13-4-2-3-11(17)8-13/h2-9H,1H3. The summed E-state index contributed by atoms with van der Waals surface area (Å²) in [5.74, 6) is 0.0474. The Kier molecular flexibility index (Phi) is 3.87. The maximum absolute atomic E-state index is 12.3.